The van der Waals surface area contributed by atoms with E-state index in [0.717, 1.165) is 32.9 Å². The number of hydrogen-bond acceptors (Lipinski definition) is 3. The quantitative estimate of drug-likeness (QED) is 0.290. The van der Waals surface area contributed by atoms with E-state index in [9.17, 15) is 4.79 Å². The molecule has 0 aliphatic carbocycles. The summed E-state index contributed by atoms with van der Waals surface area (Å²) in [4.78, 5) is 13.2. The van der Waals surface area contributed by atoms with Crippen LogP contribution in [-0.2, 0) is 4.79 Å². The van der Waals surface area contributed by atoms with E-state index in [0.29, 0.717) is 6.42 Å². The summed E-state index contributed by atoms with van der Waals surface area (Å²) in [5.41, 5.74) is 6.86. The van der Waals surface area contributed by atoms with Crippen LogP contribution in [0.1, 0.15) is 23.4 Å². The third kappa shape index (κ3) is 5.14. The van der Waals surface area contributed by atoms with E-state index in [1.807, 2.05) is 55.5 Å². The van der Waals surface area contributed by atoms with Crippen molar-refractivity contribution in [3.05, 3.63) is 82.1 Å². The summed E-state index contributed by atoms with van der Waals surface area (Å²) in [7, 11) is 0. The van der Waals surface area contributed by atoms with E-state index in [-0.39, 0.29) is 5.91 Å². The van der Waals surface area contributed by atoms with Gasteiger partial charge < -0.3 is 4.57 Å². The van der Waals surface area contributed by atoms with Crippen molar-refractivity contribution in [1.29, 1.82) is 0 Å². The van der Waals surface area contributed by atoms with Crippen LogP contribution in [0.15, 0.2) is 75.1 Å². The van der Waals surface area contributed by atoms with Crippen molar-refractivity contribution in [3.8, 4) is 5.69 Å². The van der Waals surface area contributed by atoms with E-state index < -0.39 is 0 Å². The Kier molecular flexibility index (Phi) is 7.12. The number of aromatic nitrogens is 1. The molecule has 0 saturated carbocycles. The molecular weight excluding hydrogens is 434 g/mol. The highest BCUT2D eigenvalue weighted by Gasteiger charge is 2.11. The Morgan fingerprint density at radius 3 is 2.61 bits per heavy atom. The van der Waals surface area contributed by atoms with E-state index in [1.54, 1.807) is 18.0 Å². The molecule has 1 N–H and O–H groups in total. The van der Waals surface area contributed by atoms with Crippen LogP contribution in [0.5, 0.6) is 0 Å². The number of thioether (sulfide) groups is 1. The Hall–Kier alpha value is -2.31. The summed E-state index contributed by atoms with van der Waals surface area (Å²) >= 11 is 5.27. The molecule has 0 unspecified atom stereocenters. The molecule has 1 heterocycles. The summed E-state index contributed by atoms with van der Waals surface area (Å²) in [6.07, 6.45) is 2.13. The maximum Gasteiger partial charge on any atom is 0.240 e. The van der Waals surface area contributed by atoms with Gasteiger partial charge in [-0.2, -0.15) is 5.10 Å². The number of nitrogens with one attached hydrogen (secondary N) is 1. The second-order valence-electron chi connectivity index (χ2n) is 6.32. The van der Waals surface area contributed by atoms with Crippen molar-refractivity contribution in [2.45, 2.75) is 25.2 Å². The van der Waals surface area contributed by atoms with Crippen LogP contribution in [-0.4, -0.2) is 22.4 Å². The third-order valence-corrected chi connectivity index (χ3v) is 5.98. The summed E-state index contributed by atoms with van der Waals surface area (Å²) < 4.78 is 3.20. The molecule has 0 spiro atoms. The second-order valence-corrected chi connectivity index (χ2v) is 8.34. The van der Waals surface area contributed by atoms with Crippen LogP contribution in [0.25, 0.3) is 5.69 Å². The minimum absolute atomic E-state index is 0.0840. The van der Waals surface area contributed by atoms with Crippen LogP contribution in [0.3, 0.4) is 0 Å². The summed E-state index contributed by atoms with van der Waals surface area (Å²) in [6.45, 7) is 4.11. The zero-order valence-corrected chi connectivity index (χ0v) is 18.3. The van der Waals surface area contributed by atoms with E-state index in [2.05, 4.69) is 50.1 Å². The molecule has 3 aromatic rings. The standard InChI is InChI=1S/C22H22BrN3OS/c1-16-14-18(17(2)26(16)21-11-7-6-10-20(21)23)15-24-25-22(27)12-13-28-19-8-4-3-5-9-19/h3-11,14-15H,12-13H2,1-2H3,(H,25,27)/b24-15-. The summed E-state index contributed by atoms with van der Waals surface area (Å²) in [5, 5.41) is 4.14. The lowest BCUT2D eigenvalue weighted by Gasteiger charge is -2.11. The van der Waals surface area contributed by atoms with Gasteiger partial charge in [0.2, 0.25) is 5.91 Å². The Morgan fingerprint density at radius 2 is 1.86 bits per heavy atom. The number of carbonyl (C=O) groups is 1. The molecule has 0 atom stereocenters. The number of halogens is 1. The second kappa shape index (κ2) is 9.75. The highest BCUT2D eigenvalue weighted by Crippen LogP contribution is 2.26. The number of aryl methyl sites for hydroxylation is 1. The molecule has 4 nitrogen and oxygen atoms in total. The van der Waals surface area contributed by atoms with Crippen molar-refractivity contribution in [2.75, 3.05) is 5.75 Å². The molecule has 1 amide bonds. The van der Waals surface area contributed by atoms with Gasteiger partial charge in [0.25, 0.3) is 0 Å². The zero-order valence-electron chi connectivity index (χ0n) is 15.9. The number of hydrazone groups is 1. The number of para-hydroxylation sites is 1. The van der Waals surface area contributed by atoms with Gasteiger partial charge in [0, 0.05) is 38.5 Å². The van der Waals surface area contributed by atoms with Crippen molar-refractivity contribution < 1.29 is 4.79 Å². The molecule has 144 valence electrons. The zero-order chi connectivity index (χ0) is 19.9. The molecule has 3 rings (SSSR count). The number of carbonyl (C=O) groups excluding carboxylic acids is 1. The molecule has 0 fully saturated rings. The normalized spacial score (nSPS) is 11.1. The van der Waals surface area contributed by atoms with Crippen LogP contribution in [0.4, 0.5) is 0 Å². The number of rotatable bonds is 7. The van der Waals surface area contributed by atoms with Crippen LogP contribution in [0, 0.1) is 13.8 Å². The van der Waals surface area contributed by atoms with Crippen molar-refractivity contribution in [3.63, 3.8) is 0 Å². The molecule has 6 heteroatoms. The number of nitrogens with zero attached hydrogens (tertiary/aromatic N) is 2. The SMILES string of the molecule is Cc1cc(/C=N\NC(=O)CCSc2ccccc2)c(C)n1-c1ccccc1Br. The van der Waals surface area contributed by atoms with Gasteiger partial charge in [0.1, 0.15) is 0 Å². The number of amides is 1. The Bertz CT molecular complexity index is 983. The van der Waals surface area contributed by atoms with Gasteiger partial charge in [-0.25, -0.2) is 5.43 Å². The fraction of sp³-hybridized carbons (Fsp3) is 0.182. The van der Waals surface area contributed by atoms with E-state index in [1.165, 1.54) is 4.90 Å². The predicted molar refractivity (Wildman–Crippen MR) is 120 cm³/mol. The van der Waals surface area contributed by atoms with Crippen LogP contribution in [0.2, 0.25) is 0 Å². The first-order chi connectivity index (χ1) is 13.6. The molecule has 0 aliphatic heterocycles. The average Bonchev–Trinajstić information content (AvgIpc) is 2.97. The van der Waals surface area contributed by atoms with Gasteiger partial charge in [0.05, 0.1) is 11.9 Å². The molecule has 0 radical (unpaired) electrons. The van der Waals surface area contributed by atoms with Crippen molar-refractivity contribution in [2.24, 2.45) is 5.10 Å². The highest BCUT2D eigenvalue weighted by molar-refractivity contribution is 9.10. The fourth-order valence-electron chi connectivity index (χ4n) is 2.93. The number of hydrogen-bond donors (Lipinski definition) is 1. The molecule has 0 saturated heterocycles. The Morgan fingerprint density at radius 1 is 1.14 bits per heavy atom. The Balaban J connectivity index is 1.58. The minimum Gasteiger partial charge on any atom is -0.317 e. The lowest BCUT2D eigenvalue weighted by molar-refractivity contribution is -0.120. The van der Waals surface area contributed by atoms with Gasteiger partial charge in [-0.1, -0.05) is 30.3 Å². The van der Waals surface area contributed by atoms with Gasteiger partial charge >= 0.3 is 0 Å². The summed E-state index contributed by atoms with van der Waals surface area (Å²) in [6, 6.07) is 20.2. The first-order valence-electron chi connectivity index (χ1n) is 9.00. The van der Waals surface area contributed by atoms with E-state index in [4.69, 9.17) is 0 Å². The molecule has 2 aromatic carbocycles. The highest BCUT2D eigenvalue weighted by atomic mass is 79.9. The smallest absolute Gasteiger partial charge is 0.240 e. The molecular formula is C22H22BrN3OS. The first kappa shape index (κ1) is 20.4. The molecule has 28 heavy (non-hydrogen) atoms. The molecule has 1 aromatic heterocycles. The van der Waals surface area contributed by atoms with Gasteiger partial charge in [0.15, 0.2) is 0 Å². The number of benzene rings is 2. The third-order valence-electron chi connectivity index (χ3n) is 4.30. The Labute approximate surface area is 178 Å². The fourth-order valence-corrected chi connectivity index (χ4v) is 4.26. The van der Waals surface area contributed by atoms with Gasteiger partial charge in [-0.3, -0.25) is 4.79 Å². The minimum atomic E-state index is -0.0840. The topological polar surface area (TPSA) is 46.4 Å². The molecule has 0 aliphatic rings. The lowest BCUT2D eigenvalue weighted by Crippen LogP contribution is -2.17. The van der Waals surface area contributed by atoms with Gasteiger partial charge in [-0.05, 0) is 60.1 Å². The maximum absolute atomic E-state index is 12.0. The maximum atomic E-state index is 12.0. The van der Waals surface area contributed by atoms with Crippen LogP contribution < -0.4 is 5.43 Å². The largest absolute Gasteiger partial charge is 0.317 e. The van der Waals surface area contributed by atoms with E-state index >= 15 is 0 Å². The lowest BCUT2D eigenvalue weighted by atomic mass is 10.2. The molecule has 0 bridgehead atoms. The first-order valence-corrected chi connectivity index (χ1v) is 10.8. The van der Waals surface area contributed by atoms with Crippen molar-refractivity contribution in [1.82, 2.24) is 9.99 Å². The summed E-state index contributed by atoms with van der Waals surface area (Å²) in [5.74, 6) is 0.640. The average molecular weight is 456 g/mol. The van der Waals surface area contributed by atoms with Crippen molar-refractivity contribution >= 4 is 39.8 Å². The predicted octanol–water partition coefficient (Wildman–Crippen LogP) is 5.49. The van der Waals surface area contributed by atoms with Crippen LogP contribution >= 0.6 is 27.7 Å². The monoisotopic (exact) mass is 455 g/mol. The van der Waals surface area contributed by atoms with Gasteiger partial charge in [-0.15, -0.1) is 11.8 Å².